The summed E-state index contributed by atoms with van der Waals surface area (Å²) >= 11 is 6.00. The van der Waals surface area contributed by atoms with E-state index in [1.165, 1.54) is 12.5 Å². The Morgan fingerprint density at radius 1 is 1.03 bits per heavy atom. The van der Waals surface area contributed by atoms with Crippen LogP contribution in [0.15, 0.2) is 48.9 Å². The van der Waals surface area contributed by atoms with Gasteiger partial charge in [0.25, 0.3) is 11.8 Å². The Hall–Kier alpha value is -3.52. The fourth-order valence-electron chi connectivity index (χ4n) is 2.64. The van der Waals surface area contributed by atoms with Gasteiger partial charge in [0.1, 0.15) is 11.4 Å². The molecule has 8 nitrogen and oxygen atoms in total. The van der Waals surface area contributed by atoms with E-state index in [1.807, 2.05) is 0 Å². The fraction of sp³-hybridized carbons (Fsp3) is 0.150. The van der Waals surface area contributed by atoms with E-state index < -0.39 is 11.8 Å². The van der Waals surface area contributed by atoms with Crippen molar-refractivity contribution in [2.45, 2.75) is 13.3 Å². The zero-order valence-corrected chi connectivity index (χ0v) is 16.3. The molecule has 3 rings (SSSR count). The molecule has 0 aliphatic rings. The van der Waals surface area contributed by atoms with E-state index >= 15 is 0 Å². The minimum Gasteiger partial charge on any atom is -0.351 e. The van der Waals surface area contributed by atoms with Crippen molar-refractivity contribution in [3.8, 4) is 0 Å². The van der Waals surface area contributed by atoms with E-state index in [4.69, 9.17) is 11.6 Å². The molecule has 0 spiro atoms. The number of nitrogens with one attached hydrogen (secondary N) is 3. The molecule has 1 aromatic carbocycles. The molecular weight excluding hydrogens is 394 g/mol. The predicted octanol–water partition coefficient (Wildman–Crippen LogP) is 2.89. The molecule has 9 heteroatoms. The number of hydrogen-bond donors (Lipinski definition) is 3. The maximum absolute atomic E-state index is 12.4. The van der Waals surface area contributed by atoms with Crippen LogP contribution in [0.2, 0.25) is 5.02 Å². The Morgan fingerprint density at radius 2 is 1.79 bits per heavy atom. The topological polar surface area (TPSA) is 117 Å². The van der Waals surface area contributed by atoms with Crippen molar-refractivity contribution >= 4 is 34.9 Å². The Morgan fingerprint density at radius 3 is 2.48 bits per heavy atom. The number of rotatable bonds is 7. The van der Waals surface area contributed by atoms with Crippen LogP contribution >= 0.6 is 11.6 Å². The first-order chi connectivity index (χ1) is 14.0. The second-order valence-corrected chi connectivity index (χ2v) is 6.48. The first kappa shape index (κ1) is 20.2. The summed E-state index contributed by atoms with van der Waals surface area (Å²) in [6.45, 7) is 2.21. The molecular formula is C20H18ClN5O3. The number of halogens is 1. The third-order valence-corrected chi connectivity index (χ3v) is 4.32. The lowest BCUT2D eigenvalue weighted by molar-refractivity contribution is 0.0937. The van der Waals surface area contributed by atoms with Gasteiger partial charge in [-0.05, 0) is 36.8 Å². The summed E-state index contributed by atoms with van der Waals surface area (Å²) in [7, 11) is 0. The van der Waals surface area contributed by atoms with E-state index in [0.29, 0.717) is 17.3 Å². The van der Waals surface area contributed by atoms with Crippen LogP contribution in [0.4, 0.5) is 5.69 Å². The number of aromatic nitrogens is 3. The maximum Gasteiger partial charge on any atom is 0.276 e. The predicted molar refractivity (Wildman–Crippen MR) is 108 cm³/mol. The monoisotopic (exact) mass is 411 g/mol. The summed E-state index contributed by atoms with van der Waals surface area (Å²) in [5, 5.41) is 5.61. The van der Waals surface area contributed by atoms with Crippen LogP contribution in [0.25, 0.3) is 0 Å². The smallest absolute Gasteiger partial charge is 0.276 e. The number of aromatic amines is 1. The van der Waals surface area contributed by atoms with Crippen molar-refractivity contribution in [2.24, 2.45) is 0 Å². The largest absolute Gasteiger partial charge is 0.351 e. The zero-order chi connectivity index (χ0) is 20.8. The quantitative estimate of drug-likeness (QED) is 0.517. The van der Waals surface area contributed by atoms with E-state index in [2.05, 4.69) is 25.6 Å². The van der Waals surface area contributed by atoms with Gasteiger partial charge in [-0.3, -0.25) is 19.4 Å². The molecule has 3 aromatic rings. The number of carbonyl (C=O) groups excluding carboxylic acids is 3. The second kappa shape index (κ2) is 9.11. The van der Waals surface area contributed by atoms with Gasteiger partial charge in [-0.2, -0.15) is 0 Å². The van der Waals surface area contributed by atoms with E-state index in [9.17, 15) is 14.4 Å². The Bertz CT molecular complexity index is 1050. The van der Waals surface area contributed by atoms with Crippen LogP contribution in [0.3, 0.4) is 0 Å². The molecule has 2 heterocycles. The number of hydrogen-bond acceptors (Lipinski definition) is 5. The van der Waals surface area contributed by atoms with E-state index in [-0.39, 0.29) is 29.3 Å². The summed E-state index contributed by atoms with van der Waals surface area (Å²) in [6, 6.07) is 10.1. The highest BCUT2D eigenvalue weighted by atomic mass is 35.5. The zero-order valence-electron chi connectivity index (χ0n) is 15.5. The van der Waals surface area contributed by atoms with Crippen LogP contribution in [0, 0.1) is 0 Å². The van der Waals surface area contributed by atoms with Gasteiger partial charge in [0.15, 0.2) is 11.5 Å². The molecule has 2 amide bonds. The van der Waals surface area contributed by atoms with Crippen molar-refractivity contribution in [2.75, 3.05) is 11.9 Å². The average molecular weight is 412 g/mol. The minimum atomic E-state index is -0.517. The molecule has 0 fully saturated rings. The lowest BCUT2D eigenvalue weighted by atomic mass is 10.1. The minimum absolute atomic E-state index is 0.00000170. The molecule has 0 saturated heterocycles. The molecule has 3 N–H and O–H groups in total. The molecule has 0 atom stereocenters. The summed E-state index contributed by atoms with van der Waals surface area (Å²) in [5.74, 6) is -1.12. The van der Waals surface area contributed by atoms with Crippen molar-refractivity contribution in [1.29, 1.82) is 0 Å². The van der Waals surface area contributed by atoms with Gasteiger partial charge in [0.2, 0.25) is 0 Å². The number of carbonyl (C=O) groups is 3. The fourth-order valence-corrected chi connectivity index (χ4v) is 2.87. The highest BCUT2D eigenvalue weighted by Crippen LogP contribution is 2.17. The Balaban J connectivity index is 1.66. The first-order valence-electron chi connectivity index (χ1n) is 8.85. The molecule has 0 radical (unpaired) electrons. The Labute approximate surface area is 171 Å². The normalized spacial score (nSPS) is 10.4. The molecule has 29 heavy (non-hydrogen) atoms. The maximum atomic E-state index is 12.4. The number of pyridine rings is 1. The summed E-state index contributed by atoms with van der Waals surface area (Å²) in [6.07, 6.45) is 2.93. The lowest BCUT2D eigenvalue weighted by Gasteiger charge is -2.07. The summed E-state index contributed by atoms with van der Waals surface area (Å²) in [5.41, 5.74) is 1.58. The number of benzene rings is 1. The van der Waals surface area contributed by atoms with Crippen molar-refractivity contribution in [1.82, 2.24) is 20.3 Å². The molecule has 0 saturated carbocycles. The first-order valence-corrected chi connectivity index (χ1v) is 9.23. The summed E-state index contributed by atoms with van der Waals surface area (Å²) < 4.78 is 0. The van der Waals surface area contributed by atoms with Gasteiger partial charge < -0.3 is 15.6 Å². The van der Waals surface area contributed by atoms with Crippen LogP contribution in [-0.2, 0) is 6.42 Å². The van der Waals surface area contributed by atoms with Gasteiger partial charge >= 0.3 is 0 Å². The standard InChI is InChI=1S/C20H18ClN5O3/c1-2-22-19(28)17-18(25-11-24-17)20(29)26-13-7-5-12(6-8-13)10-15(27)16-14(21)4-3-9-23-16/h3-9,11H,2,10H2,1H3,(H,22,28)(H,24,25)(H,26,29). The van der Waals surface area contributed by atoms with Crippen LogP contribution < -0.4 is 10.6 Å². The van der Waals surface area contributed by atoms with Gasteiger partial charge in [0, 0.05) is 24.8 Å². The lowest BCUT2D eigenvalue weighted by Crippen LogP contribution is -2.26. The molecule has 148 valence electrons. The van der Waals surface area contributed by atoms with E-state index in [0.717, 1.165) is 5.56 Å². The van der Waals surface area contributed by atoms with Gasteiger partial charge in [0.05, 0.1) is 11.3 Å². The third-order valence-electron chi connectivity index (χ3n) is 4.02. The highest BCUT2D eigenvalue weighted by molar-refractivity contribution is 6.33. The van der Waals surface area contributed by atoms with Crippen molar-refractivity contribution < 1.29 is 14.4 Å². The second-order valence-electron chi connectivity index (χ2n) is 6.07. The molecule has 2 aromatic heterocycles. The number of H-pyrrole nitrogens is 1. The highest BCUT2D eigenvalue weighted by Gasteiger charge is 2.20. The van der Waals surface area contributed by atoms with Gasteiger partial charge in [-0.15, -0.1) is 0 Å². The van der Waals surface area contributed by atoms with Crippen LogP contribution in [0.5, 0.6) is 0 Å². The number of nitrogens with zero attached hydrogens (tertiary/aromatic N) is 2. The SMILES string of the molecule is CCNC(=O)c1[nH]cnc1C(=O)Nc1ccc(CC(=O)c2ncccc2Cl)cc1. The molecule has 0 bridgehead atoms. The number of imidazole rings is 1. The number of anilines is 1. The third kappa shape index (κ3) is 4.85. The van der Waals surface area contributed by atoms with Crippen molar-refractivity contribution in [3.63, 3.8) is 0 Å². The molecule has 0 aliphatic carbocycles. The molecule has 0 aliphatic heterocycles. The van der Waals surface area contributed by atoms with Crippen LogP contribution in [0.1, 0.15) is 44.0 Å². The van der Waals surface area contributed by atoms with Gasteiger partial charge in [-0.1, -0.05) is 23.7 Å². The van der Waals surface area contributed by atoms with Crippen molar-refractivity contribution in [3.05, 3.63) is 76.6 Å². The average Bonchev–Trinajstić information content (AvgIpc) is 3.20. The number of Topliss-reactive ketones (excluding diaryl/α,β-unsaturated/α-hetero) is 1. The Kier molecular flexibility index (Phi) is 6.36. The van der Waals surface area contributed by atoms with Gasteiger partial charge in [-0.25, -0.2) is 4.98 Å². The van der Waals surface area contributed by atoms with E-state index in [1.54, 1.807) is 43.3 Å². The number of amides is 2. The summed E-state index contributed by atoms with van der Waals surface area (Å²) in [4.78, 5) is 47.3. The number of ketones is 1. The molecule has 0 unspecified atom stereocenters. The van der Waals surface area contributed by atoms with Crippen LogP contribution in [-0.4, -0.2) is 39.1 Å².